The van der Waals surface area contributed by atoms with Gasteiger partial charge in [0.25, 0.3) is 0 Å². The van der Waals surface area contributed by atoms with E-state index in [1.54, 1.807) is 6.33 Å². The molecule has 4 nitrogen and oxygen atoms in total. The number of rotatable bonds is 2. The molecule has 28 heavy (non-hydrogen) atoms. The Balaban J connectivity index is 1.63. The van der Waals surface area contributed by atoms with Gasteiger partial charge in [0.1, 0.15) is 12.4 Å². The normalized spacial score (nSPS) is 19.9. The molecule has 1 aliphatic heterocycles. The van der Waals surface area contributed by atoms with Crippen LogP contribution in [0, 0.1) is 0 Å². The zero-order valence-corrected chi connectivity index (χ0v) is 16.6. The molecule has 1 aliphatic carbocycles. The maximum atomic E-state index is 6.11. The SMILES string of the molecule is Clc1ccc(/C=C2\CCCC3=C2Nc2ncnn2C3c2ccc(Cl)cc2)cc1. The Morgan fingerprint density at radius 1 is 0.964 bits per heavy atom. The molecule has 0 spiro atoms. The van der Waals surface area contributed by atoms with Gasteiger partial charge in [-0.1, -0.05) is 47.5 Å². The summed E-state index contributed by atoms with van der Waals surface area (Å²) in [5.74, 6) is 0.766. The van der Waals surface area contributed by atoms with Gasteiger partial charge in [-0.25, -0.2) is 4.68 Å². The van der Waals surface area contributed by atoms with Crippen LogP contribution in [0.5, 0.6) is 0 Å². The molecule has 0 saturated carbocycles. The Morgan fingerprint density at radius 2 is 1.68 bits per heavy atom. The number of hydrogen-bond acceptors (Lipinski definition) is 3. The second-order valence-corrected chi connectivity index (χ2v) is 7.96. The molecule has 1 N–H and O–H groups in total. The van der Waals surface area contributed by atoms with Crippen LogP contribution in [-0.2, 0) is 0 Å². The summed E-state index contributed by atoms with van der Waals surface area (Å²) in [4.78, 5) is 4.43. The minimum Gasteiger partial charge on any atom is -0.324 e. The van der Waals surface area contributed by atoms with Crippen LogP contribution >= 0.6 is 23.2 Å². The smallest absolute Gasteiger partial charge is 0.226 e. The van der Waals surface area contributed by atoms with Crippen molar-refractivity contribution < 1.29 is 0 Å². The highest BCUT2D eigenvalue weighted by molar-refractivity contribution is 6.30. The molecular formula is C22H18Cl2N4. The largest absolute Gasteiger partial charge is 0.324 e. The number of fused-ring (bicyclic) bond motifs is 1. The molecule has 5 rings (SSSR count). The maximum absolute atomic E-state index is 6.11. The number of halogens is 2. The number of aromatic nitrogens is 3. The van der Waals surface area contributed by atoms with Gasteiger partial charge in [-0.3, -0.25) is 0 Å². The molecule has 0 fully saturated rings. The highest BCUT2D eigenvalue weighted by Crippen LogP contribution is 2.43. The van der Waals surface area contributed by atoms with E-state index in [9.17, 15) is 0 Å². The highest BCUT2D eigenvalue weighted by atomic mass is 35.5. The summed E-state index contributed by atoms with van der Waals surface area (Å²) in [6.07, 6.45) is 6.99. The molecule has 0 amide bonds. The molecule has 1 unspecified atom stereocenters. The molecule has 0 saturated heterocycles. The van der Waals surface area contributed by atoms with Gasteiger partial charge in [0.15, 0.2) is 0 Å². The van der Waals surface area contributed by atoms with Crippen molar-refractivity contribution in [3.8, 4) is 0 Å². The van der Waals surface area contributed by atoms with Crippen molar-refractivity contribution >= 4 is 35.2 Å². The molecule has 3 aromatic rings. The zero-order valence-electron chi connectivity index (χ0n) is 15.1. The topological polar surface area (TPSA) is 42.7 Å². The average Bonchev–Trinajstić information content (AvgIpc) is 3.17. The van der Waals surface area contributed by atoms with Gasteiger partial charge in [-0.15, -0.1) is 0 Å². The van der Waals surface area contributed by atoms with Crippen molar-refractivity contribution in [3.05, 3.63) is 92.9 Å². The fraction of sp³-hybridized carbons (Fsp3) is 0.182. The first-order valence-corrected chi connectivity index (χ1v) is 10.1. The lowest BCUT2D eigenvalue weighted by molar-refractivity contribution is 0.538. The van der Waals surface area contributed by atoms with E-state index >= 15 is 0 Å². The Bertz CT molecular complexity index is 1080. The lowest BCUT2D eigenvalue weighted by Crippen LogP contribution is -2.28. The van der Waals surface area contributed by atoms with Gasteiger partial charge in [0.2, 0.25) is 5.95 Å². The monoisotopic (exact) mass is 408 g/mol. The van der Waals surface area contributed by atoms with E-state index in [1.165, 1.54) is 16.8 Å². The number of anilines is 1. The number of hydrogen-bond donors (Lipinski definition) is 1. The third-order valence-corrected chi connectivity index (χ3v) is 5.82. The summed E-state index contributed by atoms with van der Waals surface area (Å²) in [6, 6.07) is 16.0. The Kier molecular flexibility index (Phi) is 4.46. The van der Waals surface area contributed by atoms with Crippen LogP contribution in [0.15, 0.2) is 71.7 Å². The van der Waals surface area contributed by atoms with Gasteiger partial charge in [0.05, 0.1) is 0 Å². The van der Waals surface area contributed by atoms with E-state index in [1.807, 2.05) is 41.1 Å². The third kappa shape index (κ3) is 3.13. The zero-order chi connectivity index (χ0) is 19.1. The van der Waals surface area contributed by atoms with Gasteiger partial charge in [-0.2, -0.15) is 10.1 Å². The molecular weight excluding hydrogens is 391 g/mol. The van der Waals surface area contributed by atoms with E-state index in [0.29, 0.717) is 0 Å². The summed E-state index contributed by atoms with van der Waals surface area (Å²) < 4.78 is 1.97. The molecule has 1 aromatic heterocycles. The number of benzene rings is 2. The van der Waals surface area contributed by atoms with Crippen LogP contribution in [0.25, 0.3) is 6.08 Å². The Hall–Kier alpha value is -2.56. The molecule has 2 aliphatic rings. The lowest BCUT2D eigenvalue weighted by Gasteiger charge is -2.34. The summed E-state index contributed by atoms with van der Waals surface area (Å²) in [7, 11) is 0. The van der Waals surface area contributed by atoms with Crippen molar-refractivity contribution in [1.29, 1.82) is 0 Å². The van der Waals surface area contributed by atoms with Crippen molar-refractivity contribution in [2.24, 2.45) is 0 Å². The second-order valence-electron chi connectivity index (χ2n) is 7.08. The molecule has 2 heterocycles. The molecule has 6 heteroatoms. The third-order valence-electron chi connectivity index (χ3n) is 5.32. The molecule has 2 aromatic carbocycles. The lowest BCUT2D eigenvalue weighted by atomic mass is 9.83. The van der Waals surface area contributed by atoms with Gasteiger partial charge < -0.3 is 5.32 Å². The first-order valence-electron chi connectivity index (χ1n) is 9.30. The Morgan fingerprint density at radius 3 is 2.43 bits per heavy atom. The van der Waals surface area contributed by atoms with Crippen molar-refractivity contribution in [3.63, 3.8) is 0 Å². The highest BCUT2D eigenvalue weighted by Gasteiger charge is 2.33. The first-order chi connectivity index (χ1) is 13.7. The summed E-state index contributed by atoms with van der Waals surface area (Å²) in [6.45, 7) is 0. The number of allylic oxidation sites excluding steroid dienone is 2. The van der Waals surface area contributed by atoms with Crippen LogP contribution in [0.2, 0.25) is 10.0 Å². The Labute approximate surface area is 173 Å². The first kappa shape index (κ1) is 17.5. The van der Waals surface area contributed by atoms with E-state index in [4.69, 9.17) is 23.2 Å². The summed E-state index contributed by atoms with van der Waals surface area (Å²) >= 11 is 12.2. The van der Waals surface area contributed by atoms with Gasteiger partial charge >= 0.3 is 0 Å². The summed E-state index contributed by atoms with van der Waals surface area (Å²) in [5.41, 5.74) is 6.10. The van der Waals surface area contributed by atoms with Crippen LogP contribution in [0.4, 0.5) is 5.95 Å². The van der Waals surface area contributed by atoms with Crippen LogP contribution in [0.1, 0.15) is 36.4 Å². The summed E-state index contributed by atoms with van der Waals surface area (Å²) in [5, 5.41) is 9.49. The maximum Gasteiger partial charge on any atom is 0.226 e. The number of nitrogens with one attached hydrogen (secondary N) is 1. The van der Waals surface area contributed by atoms with Crippen LogP contribution < -0.4 is 5.32 Å². The fourth-order valence-corrected chi connectivity index (χ4v) is 4.29. The fourth-order valence-electron chi connectivity index (χ4n) is 4.04. The number of nitrogens with zero attached hydrogens (tertiary/aromatic N) is 3. The molecule has 0 radical (unpaired) electrons. The molecule has 0 bridgehead atoms. The van der Waals surface area contributed by atoms with E-state index in [-0.39, 0.29) is 6.04 Å². The van der Waals surface area contributed by atoms with E-state index in [0.717, 1.165) is 46.4 Å². The van der Waals surface area contributed by atoms with Crippen molar-refractivity contribution in [1.82, 2.24) is 14.8 Å². The van der Waals surface area contributed by atoms with Crippen LogP contribution in [-0.4, -0.2) is 14.8 Å². The second kappa shape index (κ2) is 7.12. The predicted molar refractivity (Wildman–Crippen MR) is 114 cm³/mol. The molecule has 1 atom stereocenters. The standard InChI is InChI=1S/C22H18Cl2N4/c23-17-8-4-14(5-9-17)12-16-2-1-3-19-20(16)27-22-25-13-26-28(22)21(19)15-6-10-18(24)11-7-15/h4-13,21H,1-3H2,(H,25,26,27)/b16-12+. The van der Waals surface area contributed by atoms with E-state index < -0.39 is 0 Å². The minimum absolute atomic E-state index is 0.0277. The van der Waals surface area contributed by atoms with Crippen molar-refractivity contribution in [2.45, 2.75) is 25.3 Å². The van der Waals surface area contributed by atoms with Gasteiger partial charge in [-0.05, 0) is 71.9 Å². The van der Waals surface area contributed by atoms with E-state index in [2.05, 4.69) is 33.6 Å². The van der Waals surface area contributed by atoms with Gasteiger partial charge in [0, 0.05) is 15.7 Å². The van der Waals surface area contributed by atoms with Crippen LogP contribution in [0.3, 0.4) is 0 Å². The average molecular weight is 409 g/mol. The minimum atomic E-state index is 0.0277. The predicted octanol–water partition coefficient (Wildman–Crippen LogP) is 6.12. The van der Waals surface area contributed by atoms with Crippen molar-refractivity contribution in [2.75, 3.05) is 5.32 Å². The molecule has 140 valence electrons. The quantitative estimate of drug-likeness (QED) is 0.554.